The van der Waals surface area contributed by atoms with Gasteiger partial charge in [-0.2, -0.15) is 5.26 Å². The first-order valence-electron chi connectivity index (χ1n) is 7.38. The first kappa shape index (κ1) is 14.3. The predicted molar refractivity (Wildman–Crippen MR) is 73.5 cm³/mol. The number of nitrogens with one attached hydrogen (secondary N) is 1. The minimum Gasteiger partial charge on any atom is -0.352 e. The molecule has 2 aliphatic rings. The highest BCUT2D eigenvalue weighted by Crippen LogP contribution is 2.18. The summed E-state index contributed by atoms with van der Waals surface area (Å²) in [5.74, 6) is 0.154. The zero-order valence-corrected chi connectivity index (χ0v) is 11.8. The molecule has 1 atom stereocenters. The molecule has 2 fully saturated rings. The second kappa shape index (κ2) is 6.88. The molecule has 5 heteroatoms. The van der Waals surface area contributed by atoms with Gasteiger partial charge in [-0.3, -0.25) is 14.6 Å². The van der Waals surface area contributed by atoms with E-state index in [0.29, 0.717) is 12.6 Å². The summed E-state index contributed by atoms with van der Waals surface area (Å²) in [7, 11) is 0. The molecule has 0 spiro atoms. The third-order valence-corrected chi connectivity index (χ3v) is 3.87. The van der Waals surface area contributed by atoms with Crippen molar-refractivity contribution in [2.45, 2.75) is 44.7 Å². The van der Waals surface area contributed by atoms with Crippen molar-refractivity contribution in [2.24, 2.45) is 0 Å². The van der Waals surface area contributed by atoms with Gasteiger partial charge in [0.2, 0.25) is 5.91 Å². The van der Waals surface area contributed by atoms with Gasteiger partial charge in [0.05, 0.1) is 18.7 Å². The number of amides is 1. The maximum absolute atomic E-state index is 11.7. The first-order chi connectivity index (χ1) is 9.22. The lowest BCUT2D eigenvalue weighted by Crippen LogP contribution is -2.52. The summed E-state index contributed by atoms with van der Waals surface area (Å²) in [4.78, 5) is 16.2. The molecule has 1 unspecified atom stereocenters. The van der Waals surface area contributed by atoms with E-state index in [2.05, 4.69) is 28.1 Å². The zero-order chi connectivity index (χ0) is 13.7. The maximum atomic E-state index is 11.7. The number of carbonyl (C=O) groups excluding carboxylic acids is 1. The molecule has 1 heterocycles. The molecule has 1 aliphatic heterocycles. The van der Waals surface area contributed by atoms with Crippen molar-refractivity contribution in [1.82, 2.24) is 15.1 Å². The molecule has 106 valence electrons. The van der Waals surface area contributed by atoms with Crippen LogP contribution >= 0.6 is 0 Å². The zero-order valence-electron chi connectivity index (χ0n) is 11.8. The van der Waals surface area contributed by atoms with Crippen molar-refractivity contribution in [2.75, 3.05) is 32.7 Å². The van der Waals surface area contributed by atoms with Crippen LogP contribution in [-0.2, 0) is 4.79 Å². The summed E-state index contributed by atoms with van der Waals surface area (Å²) in [5, 5.41) is 12.2. The number of hydrogen-bond donors (Lipinski definition) is 1. The number of nitriles is 1. The van der Waals surface area contributed by atoms with E-state index >= 15 is 0 Å². The number of carbonyl (C=O) groups is 1. The molecule has 2 rings (SSSR count). The topological polar surface area (TPSA) is 59.4 Å². The van der Waals surface area contributed by atoms with Gasteiger partial charge in [-0.05, 0) is 19.3 Å². The molecule has 0 aromatic rings. The van der Waals surface area contributed by atoms with Crippen LogP contribution in [0.1, 0.15) is 32.6 Å². The molecular weight excluding hydrogens is 240 g/mol. The molecule has 0 radical (unpaired) electrons. The van der Waals surface area contributed by atoms with Gasteiger partial charge in [-0.25, -0.2) is 0 Å². The van der Waals surface area contributed by atoms with E-state index in [0.717, 1.165) is 51.9 Å². The van der Waals surface area contributed by atoms with Crippen LogP contribution in [0, 0.1) is 11.3 Å². The van der Waals surface area contributed by atoms with Crippen molar-refractivity contribution >= 4 is 5.91 Å². The fourth-order valence-corrected chi connectivity index (χ4v) is 2.54. The largest absolute Gasteiger partial charge is 0.352 e. The van der Waals surface area contributed by atoms with Crippen LogP contribution in [0.3, 0.4) is 0 Å². The highest BCUT2D eigenvalue weighted by Gasteiger charge is 2.26. The lowest BCUT2D eigenvalue weighted by Gasteiger charge is -2.36. The van der Waals surface area contributed by atoms with Crippen molar-refractivity contribution in [3.05, 3.63) is 0 Å². The quantitative estimate of drug-likeness (QED) is 0.762. The molecule has 0 aromatic heterocycles. The Labute approximate surface area is 115 Å². The van der Waals surface area contributed by atoms with Gasteiger partial charge >= 0.3 is 0 Å². The lowest BCUT2D eigenvalue weighted by molar-refractivity contribution is -0.122. The highest BCUT2D eigenvalue weighted by molar-refractivity contribution is 5.78. The molecule has 19 heavy (non-hydrogen) atoms. The number of nitrogens with zero attached hydrogens (tertiary/aromatic N) is 3. The number of hydrogen-bond acceptors (Lipinski definition) is 4. The van der Waals surface area contributed by atoms with E-state index in [9.17, 15) is 4.79 Å². The van der Waals surface area contributed by atoms with Crippen LogP contribution in [0.5, 0.6) is 0 Å². The Bertz CT molecular complexity index is 340. The standard InChI is InChI=1S/C14H24N4O/c1-2-3-13(10-15)18-8-6-17(7-9-18)11-14(19)16-12-4-5-12/h12-13H,2-9,11H2,1H3,(H,16,19). The van der Waals surface area contributed by atoms with Gasteiger partial charge in [0.25, 0.3) is 0 Å². The number of piperazine rings is 1. The summed E-state index contributed by atoms with van der Waals surface area (Å²) in [6.07, 6.45) is 4.27. The molecular formula is C14H24N4O. The van der Waals surface area contributed by atoms with E-state index in [4.69, 9.17) is 5.26 Å². The molecule has 1 saturated heterocycles. The van der Waals surface area contributed by atoms with Gasteiger partial charge in [0, 0.05) is 32.2 Å². The van der Waals surface area contributed by atoms with Crippen molar-refractivity contribution in [3.8, 4) is 6.07 Å². The molecule has 1 N–H and O–H groups in total. The van der Waals surface area contributed by atoms with Crippen molar-refractivity contribution in [1.29, 1.82) is 5.26 Å². The third-order valence-electron chi connectivity index (χ3n) is 3.87. The summed E-state index contributed by atoms with van der Waals surface area (Å²) < 4.78 is 0. The van der Waals surface area contributed by atoms with E-state index < -0.39 is 0 Å². The Morgan fingerprint density at radius 1 is 1.37 bits per heavy atom. The average molecular weight is 264 g/mol. The van der Waals surface area contributed by atoms with Gasteiger partial charge in [0.1, 0.15) is 0 Å². The van der Waals surface area contributed by atoms with E-state index in [1.807, 2.05) is 0 Å². The normalized spacial score (nSPS) is 22.7. The molecule has 0 bridgehead atoms. The minimum atomic E-state index is 0.0486. The summed E-state index contributed by atoms with van der Waals surface area (Å²) in [5.41, 5.74) is 0. The Balaban J connectivity index is 1.69. The Morgan fingerprint density at radius 3 is 2.58 bits per heavy atom. The van der Waals surface area contributed by atoms with Crippen LogP contribution in [0.4, 0.5) is 0 Å². The van der Waals surface area contributed by atoms with Crippen molar-refractivity contribution < 1.29 is 4.79 Å². The summed E-state index contributed by atoms with van der Waals surface area (Å²) in [6, 6.07) is 2.89. The maximum Gasteiger partial charge on any atom is 0.234 e. The Hall–Kier alpha value is -1.12. The second-order valence-electron chi connectivity index (χ2n) is 5.59. The Kier molecular flexibility index (Phi) is 5.17. The molecule has 1 amide bonds. The van der Waals surface area contributed by atoms with Gasteiger partial charge in [-0.15, -0.1) is 0 Å². The average Bonchev–Trinajstić information content (AvgIpc) is 3.21. The Morgan fingerprint density at radius 2 is 2.05 bits per heavy atom. The fourth-order valence-electron chi connectivity index (χ4n) is 2.54. The first-order valence-corrected chi connectivity index (χ1v) is 7.38. The van der Waals surface area contributed by atoms with E-state index in [1.165, 1.54) is 0 Å². The van der Waals surface area contributed by atoms with Crippen molar-refractivity contribution in [3.63, 3.8) is 0 Å². The molecule has 5 nitrogen and oxygen atoms in total. The fraction of sp³-hybridized carbons (Fsp3) is 0.857. The predicted octanol–water partition coefficient (Wildman–Crippen LogP) is 0.575. The minimum absolute atomic E-state index is 0.0486. The van der Waals surface area contributed by atoms with Crippen LogP contribution in [-0.4, -0.2) is 60.5 Å². The van der Waals surface area contributed by atoms with Crippen LogP contribution < -0.4 is 5.32 Å². The van der Waals surface area contributed by atoms with Gasteiger partial charge < -0.3 is 5.32 Å². The van der Waals surface area contributed by atoms with Crippen LogP contribution in [0.15, 0.2) is 0 Å². The second-order valence-corrected chi connectivity index (χ2v) is 5.59. The summed E-state index contributed by atoms with van der Waals surface area (Å²) >= 11 is 0. The van der Waals surface area contributed by atoms with E-state index in [-0.39, 0.29) is 11.9 Å². The van der Waals surface area contributed by atoms with Crippen LogP contribution in [0.2, 0.25) is 0 Å². The number of rotatable bonds is 6. The summed E-state index contributed by atoms with van der Waals surface area (Å²) in [6.45, 7) is 6.20. The SMILES string of the molecule is CCCC(C#N)N1CCN(CC(=O)NC2CC2)CC1. The molecule has 1 saturated carbocycles. The molecule has 1 aliphatic carbocycles. The smallest absolute Gasteiger partial charge is 0.234 e. The monoisotopic (exact) mass is 264 g/mol. The van der Waals surface area contributed by atoms with Gasteiger partial charge in [0.15, 0.2) is 0 Å². The van der Waals surface area contributed by atoms with Crippen LogP contribution in [0.25, 0.3) is 0 Å². The highest BCUT2D eigenvalue weighted by atomic mass is 16.2. The lowest BCUT2D eigenvalue weighted by atomic mass is 10.1. The van der Waals surface area contributed by atoms with Gasteiger partial charge in [-0.1, -0.05) is 13.3 Å². The molecule has 0 aromatic carbocycles. The third kappa shape index (κ3) is 4.48. The van der Waals surface area contributed by atoms with E-state index in [1.54, 1.807) is 0 Å².